The van der Waals surface area contributed by atoms with Crippen LogP contribution in [-0.2, 0) is 6.42 Å². The molecule has 0 N–H and O–H groups in total. The van der Waals surface area contributed by atoms with E-state index in [1.165, 1.54) is 57.8 Å². The third kappa shape index (κ3) is 7.94. The molecule has 1 aromatic carbocycles. The summed E-state index contributed by atoms with van der Waals surface area (Å²) in [7, 11) is 0. The van der Waals surface area contributed by atoms with E-state index in [1.807, 2.05) is 6.07 Å². The first kappa shape index (κ1) is 25.9. The number of benzene rings is 1. The van der Waals surface area contributed by atoms with E-state index in [1.54, 1.807) is 11.6 Å². The van der Waals surface area contributed by atoms with E-state index in [2.05, 4.69) is 38.2 Å². The quantitative estimate of drug-likeness (QED) is 0.218. The summed E-state index contributed by atoms with van der Waals surface area (Å²) in [5.74, 6) is 0.0123. The van der Waals surface area contributed by atoms with E-state index in [0.29, 0.717) is 29.4 Å². The normalized spacial score (nSPS) is 21.3. The topological polar surface area (TPSA) is 0 Å². The van der Waals surface area contributed by atoms with Crippen molar-refractivity contribution in [1.29, 1.82) is 0 Å². The third-order valence-corrected chi connectivity index (χ3v) is 7.63. The van der Waals surface area contributed by atoms with Crippen LogP contribution in [0.5, 0.6) is 0 Å². The highest BCUT2D eigenvalue weighted by Gasteiger charge is 2.20. The summed E-state index contributed by atoms with van der Waals surface area (Å²) in [5, 5.41) is 0. The van der Waals surface area contributed by atoms with Gasteiger partial charge in [0.05, 0.1) is 0 Å². The summed E-state index contributed by atoms with van der Waals surface area (Å²) in [5.41, 5.74) is 3.60. The zero-order chi connectivity index (χ0) is 23.5. The molecular formula is C31H44F2. The minimum atomic E-state index is -0.650. The second kappa shape index (κ2) is 13.9. The predicted molar refractivity (Wildman–Crippen MR) is 138 cm³/mol. The Kier molecular flexibility index (Phi) is 10.9. The van der Waals surface area contributed by atoms with Crippen molar-refractivity contribution in [3.63, 3.8) is 0 Å². The van der Waals surface area contributed by atoms with Crippen LogP contribution in [-0.4, -0.2) is 0 Å². The van der Waals surface area contributed by atoms with Crippen LogP contribution in [0.1, 0.15) is 115 Å². The number of allylic oxidation sites excluding steroid dienone is 6. The average Bonchev–Trinajstić information content (AvgIpc) is 2.84. The van der Waals surface area contributed by atoms with Crippen molar-refractivity contribution in [1.82, 2.24) is 0 Å². The van der Waals surface area contributed by atoms with Crippen LogP contribution in [0.4, 0.5) is 8.78 Å². The fourth-order valence-corrected chi connectivity index (χ4v) is 5.36. The zero-order valence-electron chi connectivity index (χ0n) is 21.0. The molecule has 0 amide bonds. The molecule has 0 spiro atoms. The van der Waals surface area contributed by atoms with Gasteiger partial charge in [-0.15, -0.1) is 0 Å². The van der Waals surface area contributed by atoms with Gasteiger partial charge in [0.25, 0.3) is 0 Å². The Labute approximate surface area is 201 Å². The van der Waals surface area contributed by atoms with Gasteiger partial charge in [-0.3, -0.25) is 0 Å². The lowest BCUT2D eigenvalue weighted by molar-refractivity contribution is 0.432. The summed E-state index contributed by atoms with van der Waals surface area (Å²) in [6, 6.07) is 3.61. The molecule has 33 heavy (non-hydrogen) atoms. The molecule has 0 fully saturated rings. The lowest BCUT2D eigenvalue weighted by Gasteiger charge is -2.22. The molecule has 0 bridgehead atoms. The summed E-state index contributed by atoms with van der Waals surface area (Å²) in [6.45, 7) is 4.47. The highest BCUT2D eigenvalue weighted by atomic mass is 19.2. The predicted octanol–water partition coefficient (Wildman–Crippen LogP) is 10.1. The highest BCUT2D eigenvalue weighted by Crippen LogP contribution is 2.35. The van der Waals surface area contributed by atoms with Crippen LogP contribution in [0.15, 0.2) is 42.0 Å². The maximum atomic E-state index is 14.9. The summed E-state index contributed by atoms with van der Waals surface area (Å²) in [6.07, 6.45) is 25.8. The fourth-order valence-electron chi connectivity index (χ4n) is 5.36. The standard InChI is InChI=1S/C31H44F2/c1-3-5-7-11-25-14-16-26(17-15-25)12-8-9-13-28-22-23-29(31(33)30(28)32)27-20-18-24(19-21-27)10-6-4-2/h8,12,14,20,22-24,26H,3-7,9-11,13,15-19,21H2,1-2H3. The molecular weight excluding hydrogens is 410 g/mol. The van der Waals surface area contributed by atoms with E-state index in [9.17, 15) is 8.78 Å². The van der Waals surface area contributed by atoms with Crippen LogP contribution in [0.2, 0.25) is 0 Å². The SMILES string of the molecule is CCCCCC1=CCC(C=CCCc2ccc(C3=CCC(CCCC)CC3)c(F)c2F)CC1. The highest BCUT2D eigenvalue weighted by molar-refractivity contribution is 5.67. The number of unbranched alkanes of at least 4 members (excludes halogenated alkanes) is 3. The van der Waals surface area contributed by atoms with Gasteiger partial charge in [0.2, 0.25) is 0 Å². The molecule has 0 aliphatic heterocycles. The second-order valence-electron chi connectivity index (χ2n) is 10.2. The Balaban J connectivity index is 1.48. The lowest BCUT2D eigenvalue weighted by atomic mass is 9.83. The first-order valence-electron chi connectivity index (χ1n) is 13.6. The average molecular weight is 455 g/mol. The number of rotatable bonds is 12. The van der Waals surface area contributed by atoms with Crippen LogP contribution in [0.25, 0.3) is 5.57 Å². The molecule has 3 rings (SSSR count). The Bertz CT molecular complexity index is 830. The van der Waals surface area contributed by atoms with Crippen molar-refractivity contribution >= 4 is 5.57 Å². The van der Waals surface area contributed by atoms with Crippen molar-refractivity contribution in [2.75, 3.05) is 0 Å². The van der Waals surface area contributed by atoms with Crippen LogP contribution >= 0.6 is 0 Å². The first-order valence-corrected chi connectivity index (χ1v) is 13.6. The largest absolute Gasteiger partial charge is 0.203 e. The molecule has 2 unspecified atom stereocenters. The van der Waals surface area contributed by atoms with Gasteiger partial charge < -0.3 is 0 Å². The molecule has 0 heterocycles. The van der Waals surface area contributed by atoms with E-state index < -0.39 is 11.6 Å². The number of hydrogen-bond acceptors (Lipinski definition) is 0. The third-order valence-electron chi connectivity index (χ3n) is 7.63. The zero-order valence-corrected chi connectivity index (χ0v) is 21.0. The summed E-state index contributed by atoms with van der Waals surface area (Å²) >= 11 is 0. The number of hydrogen-bond donors (Lipinski definition) is 0. The first-order chi connectivity index (χ1) is 16.1. The molecule has 0 nitrogen and oxygen atoms in total. The summed E-state index contributed by atoms with van der Waals surface area (Å²) in [4.78, 5) is 0. The van der Waals surface area contributed by atoms with Gasteiger partial charge in [-0.25, -0.2) is 8.78 Å². The molecule has 2 atom stereocenters. The van der Waals surface area contributed by atoms with Crippen molar-refractivity contribution in [2.45, 2.75) is 110 Å². The van der Waals surface area contributed by atoms with Crippen LogP contribution in [0, 0.1) is 23.5 Å². The van der Waals surface area contributed by atoms with Crippen LogP contribution in [0.3, 0.4) is 0 Å². The Morgan fingerprint density at radius 1 is 0.879 bits per heavy atom. The number of halogens is 2. The molecule has 182 valence electrons. The maximum absolute atomic E-state index is 14.9. The minimum Gasteiger partial charge on any atom is -0.203 e. The molecule has 2 aliphatic rings. The van der Waals surface area contributed by atoms with Gasteiger partial charge in [0, 0.05) is 5.56 Å². The van der Waals surface area contributed by atoms with Crippen LogP contribution < -0.4 is 0 Å². The fraction of sp³-hybridized carbons (Fsp3) is 0.613. The van der Waals surface area contributed by atoms with Gasteiger partial charge in [0.1, 0.15) is 0 Å². The molecule has 0 saturated carbocycles. The molecule has 1 aromatic rings. The van der Waals surface area contributed by atoms with Gasteiger partial charge in [-0.2, -0.15) is 0 Å². The van der Waals surface area contributed by atoms with Gasteiger partial charge >= 0.3 is 0 Å². The Morgan fingerprint density at radius 3 is 2.42 bits per heavy atom. The van der Waals surface area contributed by atoms with Gasteiger partial charge in [-0.1, -0.05) is 88.0 Å². The van der Waals surface area contributed by atoms with Crippen molar-refractivity contribution < 1.29 is 8.78 Å². The van der Waals surface area contributed by atoms with E-state index in [0.717, 1.165) is 37.7 Å². The van der Waals surface area contributed by atoms with Crippen molar-refractivity contribution in [2.24, 2.45) is 11.8 Å². The Morgan fingerprint density at radius 2 is 1.73 bits per heavy atom. The summed E-state index contributed by atoms with van der Waals surface area (Å²) < 4.78 is 29.6. The van der Waals surface area contributed by atoms with Crippen molar-refractivity contribution in [3.8, 4) is 0 Å². The van der Waals surface area contributed by atoms with E-state index in [-0.39, 0.29) is 0 Å². The van der Waals surface area contributed by atoms with E-state index in [4.69, 9.17) is 0 Å². The second-order valence-corrected chi connectivity index (χ2v) is 10.2. The number of aryl methyl sites for hydroxylation is 1. The van der Waals surface area contributed by atoms with Gasteiger partial charge in [0.15, 0.2) is 11.6 Å². The maximum Gasteiger partial charge on any atom is 0.166 e. The molecule has 2 heteroatoms. The Hall–Kier alpha value is -1.70. The van der Waals surface area contributed by atoms with Crippen molar-refractivity contribution in [3.05, 3.63) is 64.8 Å². The lowest BCUT2D eigenvalue weighted by Crippen LogP contribution is -2.07. The molecule has 2 aliphatic carbocycles. The minimum absolute atomic E-state index is 0.476. The smallest absolute Gasteiger partial charge is 0.166 e. The molecule has 0 aromatic heterocycles. The molecule has 0 saturated heterocycles. The monoisotopic (exact) mass is 454 g/mol. The molecule has 0 radical (unpaired) electrons. The van der Waals surface area contributed by atoms with Gasteiger partial charge in [-0.05, 0) is 87.2 Å². The van der Waals surface area contributed by atoms with E-state index >= 15 is 0 Å².